The third kappa shape index (κ3) is 3.36. The van der Waals surface area contributed by atoms with Gasteiger partial charge in [-0.15, -0.1) is 0 Å². The average Bonchev–Trinajstić information content (AvgIpc) is 2.70. The third-order valence-electron chi connectivity index (χ3n) is 2.59. The lowest BCUT2D eigenvalue weighted by Crippen LogP contribution is -2.16. The minimum atomic E-state index is 0.547. The van der Waals surface area contributed by atoms with Crippen LogP contribution < -0.4 is 10.2 Å². The summed E-state index contributed by atoms with van der Waals surface area (Å²) in [4.78, 5) is 0. The van der Waals surface area contributed by atoms with E-state index in [9.17, 15) is 0 Å². The number of hydrogen-bond donors (Lipinski definition) is 2. The highest BCUT2D eigenvalue weighted by atomic mass is 79.9. The van der Waals surface area contributed by atoms with Crippen LogP contribution in [0.3, 0.4) is 0 Å². The first-order valence-electron chi connectivity index (χ1n) is 5.91. The molecular weight excluding hydrogens is 328 g/mol. The van der Waals surface area contributed by atoms with Gasteiger partial charge < -0.3 is 10.2 Å². The van der Waals surface area contributed by atoms with E-state index in [4.69, 9.17) is 17.0 Å². The van der Waals surface area contributed by atoms with E-state index in [0.29, 0.717) is 17.9 Å². The van der Waals surface area contributed by atoms with Crippen molar-refractivity contribution in [3.8, 4) is 5.75 Å². The summed E-state index contributed by atoms with van der Waals surface area (Å²) in [5.74, 6) is 1.66. The number of H-pyrrole nitrogens is 1. The molecule has 2 N–H and O–H groups in total. The number of rotatable bonds is 5. The molecule has 7 heteroatoms. The summed E-state index contributed by atoms with van der Waals surface area (Å²) in [6.07, 6.45) is 0. The van der Waals surface area contributed by atoms with Crippen LogP contribution in [-0.4, -0.2) is 21.5 Å². The van der Waals surface area contributed by atoms with E-state index in [2.05, 4.69) is 31.6 Å². The Bertz CT molecular complexity index is 622. The maximum atomic E-state index is 5.60. The number of aryl methyl sites for hydroxylation is 1. The van der Waals surface area contributed by atoms with Crippen LogP contribution in [0.25, 0.3) is 0 Å². The van der Waals surface area contributed by atoms with Gasteiger partial charge in [0.2, 0.25) is 4.77 Å². The fourth-order valence-electron chi connectivity index (χ4n) is 1.71. The molecule has 0 aliphatic heterocycles. The topological polar surface area (TPSA) is 54.9 Å². The van der Waals surface area contributed by atoms with Crippen LogP contribution >= 0.6 is 28.1 Å². The predicted octanol–water partition coefficient (Wildman–Crippen LogP) is 3.15. The monoisotopic (exact) mass is 342 g/mol. The van der Waals surface area contributed by atoms with Gasteiger partial charge in [-0.05, 0) is 44.3 Å². The van der Waals surface area contributed by atoms with E-state index in [1.54, 1.807) is 4.68 Å². The summed E-state index contributed by atoms with van der Waals surface area (Å²) < 4.78 is 8.91. The lowest BCUT2D eigenvalue weighted by molar-refractivity contribution is 0.336. The van der Waals surface area contributed by atoms with Crippen LogP contribution in [0, 0.1) is 11.7 Å². The standard InChI is InChI=1S/C12H15BrN4OS/c1-3-18-11-5-4-10(13)6-9(11)7-14-17-8(2)15-16-12(17)19/h4-6,14H,3,7H2,1-2H3,(H,16,19). The molecule has 0 unspecified atom stereocenters. The summed E-state index contributed by atoms with van der Waals surface area (Å²) in [6, 6.07) is 5.94. The minimum Gasteiger partial charge on any atom is -0.494 e. The van der Waals surface area contributed by atoms with Gasteiger partial charge in [0.1, 0.15) is 11.6 Å². The minimum absolute atomic E-state index is 0.547. The molecule has 2 rings (SSSR count). The molecule has 0 amide bonds. The molecule has 5 nitrogen and oxygen atoms in total. The van der Waals surface area contributed by atoms with Crippen molar-refractivity contribution in [2.24, 2.45) is 0 Å². The summed E-state index contributed by atoms with van der Waals surface area (Å²) in [7, 11) is 0. The SMILES string of the molecule is CCOc1ccc(Br)cc1CNn1c(C)n[nH]c1=S. The Morgan fingerprint density at radius 3 is 2.95 bits per heavy atom. The highest BCUT2D eigenvalue weighted by molar-refractivity contribution is 9.10. The largest absolute Gasteiger partial charge is 0.494 e. The van der Waals surface area contributed by atoms with Crippen molar-refractivity contribution in [2.45, 2.75) is 20.4 Å². The van der Waals surface area contributed by atoms with Crippen molar-refractivity contribution in [1.82, 2.24) is 14.9 Å². The summed E-state index contributed by atoms with van der Waals surface area (Å²) in [5.41, 5.74) is 4.28. The van der Waals surface area contributed by atoms with Gasteiger partial charge in [-0.25, -0.2) is 4.68 Å². The molecule has 0 spiro atoms. The molecule has 102 valence electrons. The first-order valence-corrected chi connectivity index (χ1v) is 7.11. The quantitative estimate of drug-likeness (QED) is 0.819. The van der Waals surface area contributed by atoms with Crippen LogP contribution in [0.5, 0.6) is 5.75 Å². The fraction of sp³-hybridized carbons (Fsp3) is 0.333. The van der Waals surface area contributed by atoms with E-state index < -0.39 is 0 Å². The van der Waals surface area contributed by atoms with Crippen LogP contribution in [0.2, 0.25) is 0 Å². The van der Waals surface area contributed by atoms with E-state index in [1.807, 2.05) is 32.0 Å². The van der Waals surface area contributed by atoms with Crippen molar-refractivity contribution in [3.05, 3.63) is 38.8 Å². The Morgan fingerprint density at radius 2 is 2.32 bits per heavy atom. The van der Waals surface area contributed by atoms with E-state index in [0.717, 1.165) is 21.6 Å². The average molecular weight is 343 g/mol. The van der Waals surface area contributed by atoms with Gasteiger partial charge >= 0.3 is 0 Å². The number of ether oxygens (including phenoxy) is 1. The molecule has 1 aromatic carbocycles. The second kappa shape index (κ2) is 6.21. The van der Waals surface area contributed by atoms with E-state index in [1.165, 1.54) is 0 Å². The smallest absolute Gasteiger partial charge is 0.214 e. The number of nitrogens with zero attached hydrogens (tertiary/aromatic N) is 2. The van der Waals surface area contributed by atoms with Gasteiger partial charge in [-0.3, -0.25) is 5.10 Å². The van der Waals surface area contributed by atoms with E-state index in [-0.39, 0.29) is 0 Å². The zero-order valence-corrected chi connectivity index (χ0v) is 13.1. The number of hydrogen-bond acceptors (Lipinski definition) is 4. The number of halogens is 1. The normalized spacial score (nSPS) is 10.5. The Labute approximate surface area is 125 Å². The molecule has 0 bridgehead atoms. The zero-order valence-electron chi connectivity index (χ0n) is 10.7. The van der Waals surface area contributed by atoms with Gasteiger partial charge in [0.05, 0.1) is 13.2 Å². The summed E-state index contributed by atoms with van der Waals surface area (Å²) in [6.45, 7) is 5.08. The van der Waals surface area contributed by atoms with Crippen molar-refractivity contribution in [2.75, 3.05) is 12.0 Å². The van der Waals surface area contributed by atoms with Gasteiger partial charge in [-0.1, -0.05) is 15.9 Å². The molecular formula is C12H15BrN4OS. The molecule has 1 aromatic heterocycles. The highest BCUT2D eigenvalue weighted by Gasteiger charge is 2.06. The maximum absolute atomic E-state index is 5.60. The fourth-order valence-corrected chi connectivity index (χ4v) is 2.36. The maximum Gasteiger partial charge on any atom is 0.214 e. The molecule has 0 saturated heterocycles. The second-order valence-corrected chi connectivity index (χ2v) is 5.23. The van der Waals surface area contributed by atoms with Crippen LogP contribution in [0.15, 0.2) is 22.7 Å². The predicted molar refractivity (Wildman–Crippen MR) is 80.5 cm³/mol. The van der Waals surface area contributed by atoms with Crippen LogP contribution in [0.1, 0.15) is 18.3 Å². The van der Waals surface area contributed by atoms with Crippen LogP contribution in [0.4, 0.5) is 0 Å². The summed E-state index contributed by atoms with van der Waals surface area (Å²) in [5, 5.41) is 6.78. The Balaban J connectivity index is 2.19. The molecule has 1 heterocycles. The molecule has 0 saturated carbocycles. The first-order chi connectivity index (χ1) is 9.11. The van der Waals surface area contributed by atoms with Gasteiger partial charge in [0.25, 0.3) is 0 Å². The number of benzene rings is 1. The molecule has 0 radical (unpaired) electrons. The lowest BCUT2D eigenvalue weighted by Gasteiger charge is -2.13. The van der Waals surface area contributed by atoms with Gasteiger partial charge in [0, 0.05) is 10.0 Å². The molecule has 0 aliphatic rings. The lowest BCUT2D eigenvalue weighted by atomic mass is 10.2. The molecule has 0 fully saturated rings. The molecule has 19 heavy (non-hydrogen) atoms. The van der Waals surface area contributed by atoms with E-state index >= 15 is 0 Å². The van der Waals surface area contributed by atoms with Crippen molar-refractivity contribution in [3.63, 3.8) is 0 Å². The second-order valence-electron chi connectivity index (χ2n) is 3.93. The third-order valence-corrected chi connectivity index (χ3v) is 3.36. The molecule has 0 aliphatic carbocycles. The first kappa shape index (κ1) is 14.1. The number of aromatic amines is 1. The molecule has 2 aromatic rings. The number of aromatic nitrogens is 3. The zero-order chi connectivity index (χ0) is 13.8. The Morgan fingerprint density at radius 1 is 1.53 bits per heavy atom. The van der Waals surface area contributed by atoms with Gasteiger partial charge in [0.15, 0.2) is 0 Å². The Kier molecular flexibility index (Phi) is 4.60. The Hall–Kier alpha value is -1.34. The van der Waals surface area contributed by atoms with Crippen molar-refractivity contribution < 1.29 is 4.74 Å². The molecule has 0 atom stereocenters. The van der Waals surface area contributed by atoms with Crippen molar-refractivity contribution in [1.29, 1.82) is 0 Å². The summed E-state index contributed by atoms with van der Waals surface area (Å²) >= 11 is 8.61. The van der Waals surface area contributed by atoms with Crippen molar-refractivity contribution >= 4 is 28.1 Å². The van der Waals surface area contributed by atoms with Crippen LogP contribution in [-0.2, 0) is 6.54 Å². The highest BCUT2D eigenvalue weighted by Crippen LogP contribution is 2.23. The van der Waals surface area contributed by atoms with Gasteiger partial charge in [-0.2, -0.15) is 5.10 Å². The number of nitrogens with one attached hydrogen (secondary N) is 2.